The van der Waals surface area contributed by atoms with E-state index < -0.39 is 0 Å². The monoisotopic (exact) mass is 250 g/mol. The number of rotatable bonds is 7. The van der Waals surface area contributed by atoms with Crippen molar-refractivity contribution in [2.45, 2.75) is 58.5 Å². The van der Waals surface area contributed by atoms with Gasteiger partial charge in [0.2, 0.25) is 0 Å². The Bertz CT molecular complexity index is 339. The van der Waals surface area contributed by atoms with E-state index in [0.717, 1.165) is 25.0 Å². The predicted molar refractivity (Wildman–Crippen MR) is 76.2 cm³/mol. The summed E-state index contributed by atoms with van der Waals surface area (Å²) in [5.41, 5.74) is 1.58. The number of aliphatic hydroxyl groups is 1. The molecular formula is C16H26O2. The molecule has 0 aliphatic carbocycles. The van der Waals surface area contributed by atoms with Gasteiger partial charge in [0.25, 0.3) is 0 Å². The second-order valence-corrected chi connectivity index (χ2v) is 5.60. The molecule has 18 heavy (non-hydrogen) atoms. The SMILES string of the molecule is CCC(C)(C)c1ccc(OCCCC(C)O)cc1. The van der Waals surface area contributed by atoms with E-state index in [2.05, 4.69) is 32.9 Å². The van der Waals surface area contributed by atoms with Crippen molar-refractivity contribution in [3.63, 3.8) is 0 Å². The van der Waals surface area contributed by atoms with E-state index >= 15 is 0 Å². The van der Waals surface area contributed by atoms with Gasteiger partial charge in [0.15, 0.2) is 0 Å². The highest BCUT2D eigenvalue weighted by Gasteiger charge is 2.17. The van der Waals surface area contributed by atoms with Gasteiger partial charge in [-0.25, -0.2) is 0 Å². The lowest BCUT2D eigenvalue weighted by Gasteiger charge is -2.23. The molecule has 0 saturated carbocycles. The largest absolute Gasteiger partial charge is 0.494 e. The van der Waals surface area contributed by atoms with Crippen LogP contribution in [0.4, 0.5) is 0 Å². The third-order valence-corrected chi connectivity index (χ3v) is 3.55. The summed E-state index contributed by atoms with van der Waals surface area (Å²) in [5.74, 6) is 0.913. The zero-order chi connectivity index (χ0) is 13.6. The molecule has 1 atom stereocenters. The summed E-state index contributed by atoms with van der Waals surface area (Å²) >= 11 is 0. The van der Waals surface area contributed by atoms with Crippen molar-refractivity contribution in [1.82, 2.24) is 0 Å². The van der Waals surface area contributed by atoms with Crippen molar-refractivity contribution in [3.8, 4) is 5.75 Å². The van der Waals surface area contributed by atoms with Gasteiger partial charge in [-0.1, -0.05) is 32.9 Å². The molecule has 1 aromatic carbocycles. The van der Waals surface area contributed by atoms with Crippen LogP contribution in [0.1, 0.15) is 52.5 Å². The van der Waals surface area contributed by atoms with Crippen molar-refractivity contribution < 1.29 is 9.84 Å². The number of hydrogen-bond donors (Lipinski definition) is 1. The van der Waals surface area contributed by atoms with Crippen molar-refractivity contribution in [2.75, 3.05) is 6.61 Å². The van der Waals surface area contributed by atoms with E-state index in [0.29, 0.717) is 6.61 Å². The molecule has 0 bridgehead atoms. The van der Waals surface area contributed by atoms with E-state index in [9.17, 15) is 0 Å². The highest BCUT2D eigenvalue weighted by Crippen LogP contribution is 2.28. The Morgan fingerprint density at radius 1 is 1.22 bits per heavy atom. The van der Waals surface area contributed by atoms with Gasteiger partial charge in [0.1, 0.15) is 5.75 Å². The molecule has 0 aliphatic heterocycles. The van der Waals surface area contributed by atoms with E-state index in [1.807, 2.05) is 19.1 Å². The molecule has 0 aliphatic rings. The van der Waals surface area contributed by atoms with Crippen LogP contribution in [0.3, 0.4) is 0 Å². The highest BCUT2D eigenvalue weighted by atomic mass is 16.5. The molecule has 1 aromatic rings. The average molecular weight is 250 g/mol. The highest BCUT2D eigenvalue weighted by molar-refractivity contribution is 5.31. The smallest absolute Gasteiger partial charge is 0.119 e. The Labute approximate surface area is 111 Å². The predicted octanol–water partition coefficient (Wildman–Crippen LogP) is 3.91. The number of aliphatic hydroxyl groups excluding tert-OH is 1. The van der Waals surface area contributed by atoms with Crippen LogP contribution in [0.2, 0.25) is 0 Å². The molecule has 0 radical (unpaired) electrons. The zero-order valence-electron chi connectivity index (χ0n) is 12.1. The zero-order valence-corrected chi connectivity index (χ0v) is 12.1. The summed E-state index contributed by atoms with van der Waals surface area (Å²) in [6.07, 6.45) is 2.57. The maximum absolute atomic E-state index is 9.15. The summed E-state index contributed by atoms with van der Waals surface area (Å²) in [7, 11) is 0. The van der Waals surface area contributed by atoms with E-state index in [-0.39, 0.29) is 11.5 Å². The molecule has 1 unspecified atom stereocenters. The third kappa shape index (κ3) is 4.69. The molecule has 102 valence electrons. The summed E-state index contributed by atoms with van der Waals surface area (Å²) in [6.45, 7) is 9.19. The Balaban J connectivity index is 2.46. The number of hydrogen-bond acceptors (Lipinski definition) is 2. The third-order valence-electron chi connectivity index (χ3n) is 3.55. The van der Waals surface area contributed by atoms with Crippen LogP contribution in [0.5, 0.6) is 5.75 Å². The molecule has 0 heterocycles. The molecule has 0 saturated heterocycles. The Hall–Kier alpha value is -1.02. The maximum Gasteiger partial charge on any atom is 0.119 e. The van der Waals surface area contributed by atoms with Crippen LogP contribution in [-0.2, 0) is 5.41 Å². The normalized spacial score (nSPS) is 13.4. The first-order chi connectivity index (χ1) is 8.45. The fraction of sp³-hybridized carbons (Fsp3) is 0.625. The molecule has 0 spiro atoms. The van der Waals surface area contributed by atoms with Gasteiger partial charge in [-0.05, 0) is 49.3 Å². The second-order valence-electron chi connectivity index (χ2n) is 5.60. The molecule has 2 heteroatoms. The molecule has 0 fully saturated rings. The van der Waals surface area contributed by atoms with Crippen molar-refractivity contribution in [2.24, 2.45) is 0 Å². The summed E-state index contributed by atoms with van der Waals surface area (Å²) in [5, 5.41) is 9.15. The van der Waals surface area contributed by atoms with Gasteiger partial charge in [-0.2, -0.15) is 0 Å². The Morgan fingerprint density at radius 3 is 2.33 bits per heavy atom. The molecule has 1 N–H and O–H groups in total. The first-order valence-electron chi connectivity index (χ1n) is 6.87. The average Bonchev–Trinajstić information content (AvgIpc) is 2.35. The first-order valence-corrected chi connectivity index (χ1v) is 6.87. The summed E-state index contributed by atoms with van der Waals surface area (Å²) in [4.78, 5) is 0. The van der Waals surface area contributed by atoms with Gasteiger partial charge in [-0.3, -0.25) is 0 Å². The lowest BCUT2D eigenvalue weighted by atomic mass is 9.82. The maximum atomic E-state index is 9.15. The topological polar surface area (TPSA) is 29.5 Å². The van der Waals surface area contributed by atoms with Gasteiger partial charge < -0.3 is 9.84 Å². The van der Waals surface area contributed by atoms with Gasteiger partial charge in [0.05, 0.1) is 12.7 Å². The standard InChI is InChI=1S/C16H26O2/c1-5-16(3,4)14-8-10-15(11-9-14)18-12-6-7-13(2)17/h8-11,13,17H,5-7,12H2,1-4H3. The van der Waals surface area contributed by atoms with E-state index in [1.54, 1.807) is 0 Å². The van der Waals surface area contributed by atoms with Crippen LogP contribution < -0.4 is 4.74 Å². The molecule has 0 aromatic heterocycles. The number of benzene rings is 1. The second kappa shape index (κ2) is 6.79. The fourth-order valence-corrected chi connectivity index (χ4v) is 1.78. The first kappa shape index (κ1) is 15.0. The lowest BCUT2D eigenvalue weighted by molar-refractivity contribution is 0.170. The van der Waals surface area contributed by atoms with Crippen molar-refractivity contribution in [1.29, 1.82) is 0 Å². The fourth-order valence-electron chi connectivity index (χ4n) is 1.78. The van der Waals surface area contributed by atoms with Crippen molar-refractivity contribution >= 4 is 0 Å². The minimum atomic E-state index is -0.235. The van der Waals surface area contributed by atoms with Crippen LogP contribution in [0, 0.1) is 0 Å². The van der Waals surface area contributed by atoms with E-state index in [1.165, 1.54) is 5.56 Å². The van der Waals surface area contributed by atoms with Crippen LogP contribution >= 0.6 is 0 Å². The minimum Gasteiger partial charge on any atom is -0.494 e. The van der Waals surface area contributed by atoms with Gasteiger partial charge in [0, 0.05) is 0 Å². The van der Waals surface area contributed by atoms with E-state index in [4.69, 9.17) is 9.84 Å². The quantitative estimate of drug-likeness (QED) is 0.743. The lowest BCUT2D eigenvalue weighted by Crippen LogP contribution is -2.15. The van der Waals surface area contributed by atoms with Crippen LogP contribution in [-0.4, -0.2) is 17.8 Å². The number of ether oxygens (including phenoxy) is 1. The van der Waals surface area contributed by atoms with Crippen LogP contribution in [0.15, 0.2) is 24.3 Å². The Kier molecular flexibility index (Phi) is 5.67. The van der Waals surface area contributed by atoms with Crippen LogP contribution in [0.25, 0.3) is 0 Å². The van der Waals surface area contributed by atoms with Gasteiger partial charge in [-0.15, -0.1) is 0 Å². The minimum absolute atomic E-state index is 0.227. The molecule has 1 rings (SSSR count). The summed E-state index contributed by atoms with van der Waals surface area (Å²) in [6, 6.07) is 8.37. The molecule has 2 nitrogen and oxygen atoms in total. The summed E-state index contributed by atoms with van der Waals surface area (Å²) < 4.78 is 5.65. The Morgan fingerprint density at radius 2 is 1.83 bits per heavy atom. The molecule has 0 amide bonds. The van der Waals surface area contributed by atoms with Gasteiger partial charge >= 0.3 is 0 Å². The molecular weight excluding hydrogens is 224 g/mol. The van der Waals surface area contributed by atoms with Crippen molar-refractivity contribution in [3.05, 3.63) is 29.8 Å².